The summed E-state index contributed by atoms with van der Waals surface area (Å²) in [4.78, 5) is -0.627. The predicted octanol–water partition coefficient (Wildman–Crippen LogP) is 7.36. The minimum atomic E-state index is -4.50. The SMILES string of the molecule is CC#CC(Cc1nn[nH]n1)c1ccc(OCc2ccc3sc(C(F)(F)F)c(-c4ccc(OCCOC)cc4C)c3c2)cc1. The zero-order valence-corrected chi connectivity index (χ0v) is 24.6. The molecule has 0 saturated carbocycles. The minimum absolute atomic E-state index is 0.103. The molecule has 1 N–H and O–H groups in total. The molecule has 5 aromatic rings. The zero-order chi connectivity index (χ0) is 30.4. The third kappa shape index (κ3) is 7.16. The average Bonchev–Trinajstić information content (AvgIpc) is 3.64. The molecule has 0 radical (unpaired) electrons. The monoisotopic (exact) mass is 606 g/mol. The maximum Gasteiger partial charge on any atom is 0.426 e. The molecule has 5 rings (SSSR count). The summed E-state index contributed by atoms with van der Waals surface area (Å²) in [5.41, 5.74) is 3.11. The number of nitrogens with zero attached hydrogens (tertiary/aromatic N) is 3. The number of hydrogen-bond acceptors (Lipinski definition) is 7. The van der Waals surface area contributed by atoms with Crippen molar-refractivity contribution in [2.24, 2.45) is 0 Å². The highest BCUT2D eigenvalue weighted by molar-refractivity contribution is 7.19. The summed E-state index contributed by atoms with van der Waals surface area (Å²) in [5.74, 6) is 7.81. The molecule has 222 valence electrons. The molecule has 0 spiro atoms. The van der Waals surface area contributed by atoms with Gasteiger partial charge in [-0.2, -0.15) is 18.4 Å². The highest BCUT2D eigenvalue weighted by Crippen LogP contribution is 2.48. The van der Waals surface area contributed by atoms with E-state index in [1.807, 2.05) is 24.3 Å². The van der Waals surface area contributed by atoms with Gasteiger partial charge in [0.15, 0.2) is 5.82 Å². The van der Waals surface area contributed by atoms with E-state index in [1.54, 1.807) is 57.4 Å². The number of H-pyrrole nitrogens is 1. The van der Waals surface area contributed by atoms with Crippen LogP contribution in [0.15, 0.2) is 60.7 Å². The lowest BCUT2D eigenvalue weighted by atomic mass is 9.96. The van der Waals surface area contributed by atoms with Crippen molar-refractivity contribution in [1.29, 1.82) is 0 Å². The topological polar surface area (TPSA) is 82.2 Å². The molecule has 1 atom stereocenters. The van der Waals surface area contributed by atoms with Crippen LogP contribution in [-0.2, 0) is 23.9 Å². The van der Waals surface area contributed by atoms with E-state index in [4.69, 9.17) is 14.2 Å². The molecule has 7 nitrogen and oxygen atoms in total. The Hall–Kier alpha value is -4.40. The van der Waals surface area contributed by atoms with Crippen molar-refractivity contribution in [2.75, 3.05) is 20.3 Å². The van der Waals surface area contributed by atoms with E-state index in [1.165, 1.54) is 0 Å². The first-order valence-corrected chi connectivity index (χ1v) is 14.3. The minimum Gasteiger partial charge on any atom is -0.491 e. The van der Waals surface area contributed by atoms with Crippen LogP contribution in [0, 0.1) is 18.8 Å². The molecule has 1 unspecified atom stereocenters. The van der Waals surface area contributed by atoms with Crippen molar-refractivity contribution in [3.63, 3.8) is 0 Å². The molecule has 0 saturated heterocycles. The Labute approximate surface area is 251 Å². The number of aromatic nitrogens is 4. The first kappa shape index (κ1) is 30.1. The number of halogens is 3. The fourth-order valence-electron chi connectivity index (χ4n) is 4.79. The number of tetrazole rings is 1. The fraction of sp³-hybridized carbons (Fsp3) is 0.281. The molecule has 0 fully saturated rings. The molecule has 0 aliphatic heterocycles. The van der Waals surface area contributed by atoms with E-state index in [0.29, 0.717) is 58.2 Å². The smallest absolute Gasteiger partial charge is 0.426 e. The van der Waals surface area contributed by atoms with E-state index in [-0.39, 0.29) is 18.1 Å². The number of hydrogen-bond donors (Lipinski definition) is 1. The highest BCUT2D eigenvalue weighted by atomic mass is 32.1. The normalized spacial score (nSPS) is 12.1. The van der Waals surface area contributed by atoms with Crippen molar-refractivity contribution >= 4 is 21.4 Å². The fourth-order valence-corrected chi connectivity index (χ4v) is 5.86. The second-order valence-electron chi connectivity index (χ2n) is 9.79. The molecule has 11 heteroatoms. The van der Waals surface area contributed by atoms with Crippen LogP contribution in [0.25, 0.3) is 21.2 Å². The van der Waals surface area contributed by atoms with E-state index < -0.39 is 11.1 Å². The van der Waals surface area contributed by atoms with E-state index in [0.717, 1.165) is 22.5 Å². The van der Waals surface area contributed by atoms with Gasteiger partial charge in [0, 0.05) is 29.2 Å². The molecule has 0 aliphatic rings. The Morgan fingerprint density at radius 3 is 2.44 bits per heavy atom. The Balaban J connectivity index is 1.38. The van der Waals surface area contributed by atoms with Gasteiger partial charge in [0.1, 0.15) is 29.6 Å². The third-order valence-corrected chi connectivity index (χ3v) is 8.03. The summed E-state index contributed by atoms with van der Waals surface area (Å²) in [7, 11) is 1.58. The molecule has 43 heavy (non-hydrogen) atoms. The van der Waals surface area contributed by atoms with Gasteiger partial charge in [-0.25, -0.2) is 0 Å². The maximum atomic E-state index is 14.2. The molecule has 0 aliphatic carbocycles. The van der Waals surface area contributed by atoms with Crippen molar-refractivity contribution < 1.29 is 27.4 Å². The molecule has 2 aromatic heterocycles. The van der Waals surface area contributed by atoms with Crippen LogP contribution in [0.5, 0.6) is 11.5 Å². The zero-order valence-electron chi connectivity index (χ0n) is 23.8. The number of fused-ring (bicyclic) bond motifs is 1. The predicted molar refractivity (Wildman–Crippen MR) is 159 cm³/mol. The van der Waals surface area contributed by atoms with Gasteiger partial charge in [0.2, 0.25) is 0 Å². The number of methoxy groups -OCH3 is 1. The van der Waals surface area contributed by atoms with Gasteiger partial charge < -0.3 is 14.2 Å². The molecule has 3 aromatic carbocycles. The van der Waals surface area contributed by atoms with E-state index >= 15 is 0 Å². The standard InChI is InChI=1S/C32H29F3N4O3S/c1-4-5-23(18-29-36-38-39-37-29)22-7-9-24(10-8-22)42-19-21-6-13-28-27(17-21)30(31(43-28)32(33,34)35)26-12-11-25(16-20(26)2)41-15-14-40-3/h6-13,16-17,23H,14-15,18-19H2,1-3H3,(H,36,37,38,39). The maximum absolute atomic E-state index is 14.2. The van der Waals surface area contributed by atoms with Gasteiger partial charge in [-0.15, -0.1) is 27.5 Å². The average molecular weight is 607 g/mol. The van der Waals surface area contributed by atoms with Crippen LogP contribution in [0.4, 0.5) is 13.2 Å². The summed E-state index contributed by atoms with van der Waals surface area (Å²) >= 11 is 0.748. The summed E-state index contributed by atoms with van der Waals surface area (Å²) in [6, 6.07) is 18.0. The summed E-state index contributed by atoms with van der Waals surface area (Å²) < 4.78 is 59.9. The second kappa shape index (κ2) is 13.3. The largest absolute Gasteiger partial charge is 0.491 e. The van der Waals surface area contributed by atoms with Crippen molar-refractivity contribution in [1.82, 2.24) is 20.6 Å². The lowest BCUT2D eigenvalue weighted by molar-refractivity contribution is -0.133. The summed E-state index contributed by atoms with van der Waals surface area (Å²) in [5, 5.41) is 14.6. The number of aryl methyl sites for hydroxylation is 1. The number of thiophene rings is 1. The van der Waals surface area contributed by atoms with Crippen LogP contribution >= 0.6 is 11.3 Å². The molecule has 0 bridgehead atoms. The lowest BCUT2D eigenvalue weighted by Crippen LogP contribution is -2.05. The number of alkyl halides is 3. The van der Waals surface area contributed by atoms with Gasteiger partial charge in [-0.05, 0) is 72.5 Å². The van der Waals surface area contributed by atoms with Gasteiger partial charge in [-0.3, -0.25) is 0 Å². The Bertz CT molecular complexity index is 1740. The number of nitrogens with one attached hydrogen (secondary N) is 1. The lowest BCUT2D eigenvalue weighted by Gasteiger charge is -2.13. The van der Waals surface area contributed by atoms with Crippen molar-refractivity contribution in [2.45, 2.75) is 39.0 Å². The van der Waals surface area contributed by atoms with Crippen LogP contribution in [-0.4, -0.2) is 40.9 Å². The molecule has 0 amide bonds. The van der Waals surface area contributed by atoms with Crippen molar-refractivity contribution in [3.8, 4) is 34.5 Å². The van der Waals surface area contributed by atoms with E-state index in [2.05, 4.69) is 32.5 Å². The number of ether oxygens (including phenoxy) is 3. The summed E-state index contributed by atoms with van der Waals surface area (Å²) in [6.07, 6.45) is -3.98. The van der Waals surface area contributed by atoms with Crippen LogP contribution in [0.3, 0.4) is 0 Å². The highest BCUT2D eigenvalue weighted by Gasteiger charge is 2.37. The van der Waals surface area contributed by atoms with Gasteiger partial charge in [0.05, 0.1) is 12.5 Å². The van der Waals surface area contributed by atoms with Gasteiger partial charge in [0.25, 0.3) is 0 Å². The molecular formula is C32H29F3N4O3S. The number of aromatic amines is 1. The second-order valence-corrected chi connectivity index (χ2v) is 10.8. The number of benzene rings is 3. The van der Waals surface area contributed by atoms with Crippen molar-refractivity contribution in [3.05, 3.63) is 88.1 Å². The molecular weight excluding hydrogens is 577 g/mol. The Morgan fingerprint density at radius 2 is 1.77 bits per heavy atom. The van der Waals surface area contributed by atoms with Crippen LogP contribution < -0.4 is 9.47 Å². The quantitative estimate of drug-likeness (QED) is 0.125. The van der Waals surface area contributed by atoms with Crippen LogP contribution in [0.1, 0.15) is 40.2 Å². The van der Waals surface area contributed by atoms with E-state index in [9.17, 15) is 13.2 Å². The first-order chi connectivity index (χ1) is 20.8. The Morgan fingerprint density at radius 1 is 0.977 bits per heavy atom. The Kier molecular flexibility index (Phi) is 9.28. The first-order valence-electron chi connectivity index (χ1n) is 13.5. The third-order valence-electron chi connectivity index (χ3n) is 6.82. The van der Waals surface area contributed by atoms with Crippen LogP contribution in [0.2, 0.25) is 0 Å². The van der Waals surface area contributed by atoms with Gasteiger partial charge in [-0.1, -0.05) is 35.4 Å². The molecule has 2 heterocycles. The van der Waals surface area contributed by atoms with Gasteiger partial charge >= 0.3 is 6.18 Å². The number of rotatable bonds is 11. The summed E-state index contributed by atoms with van der Waals surface area (Å²) in [6.45, 7) is 4.53.